The summed E-state index contributed by atoms with van der Waals surface area (Å²) in [5, 5.41) is 9.92. The van der Waals surface area contributed by atoms with Crippen LogP contribution in [0.2, 0.25) is 0 Å². The SMILES string of the molecule is Cc1ccc(NC(=O)NCCSCc2ccsc2)cc1. The summed E-state index contributed by atoms with van der Waals surface area (Å²) in [5.41, 5.74) is 3.35. The zero-order chi connectivity index (χ0) is 14.2. The molecule has 106 valence electrons. The van der Waals surface area contributed by atoms with Gasteiger partial charge in [0, 0.05) is 23.7 Å². The van der Waals surface area contributed by atoms with Crippen LogP contribution in [0.25, 0.3) is 0 Å². The Bertz CT molecular complexity index is 523. The van der Waals surface area contributed by atoms with Gasteiger partial charge in [-0.05, 0) is 41.4 Å². The van der Waals surface area contributed by atoms with Crippen LogP contribution in [-0.4, -0.2) is 18.3 Å². The monoisotopic (exact) mass is 306 g/mol. The molecular weight excluding hydrogens is 288 g/mol. The zero-order valence-corrected chi connectivity index (χ0v) is 13.0. The van der Waals surface area contributed by atoms with Crippen LogP contribution in [0.5, 0.6) is 0 Å². The van der Waals surface area contributed by atoms with Gasteiger partial charge in [0.05, 0.1) is 0 Å². The Hall–Kier alpha value is -1.46. The topological polar surface area (TPSA) is 41.1 Å². The van der Waals surface area contributed by atoms with E-state index in [1.165, 1.54) is 11.1 Å². The molecule has 0 saturated heterocycles. The summed E-state index contributed by atoms with van der Waals surface area (Å²) in [6.07, 6.45) is 0. The van der Waals surface area contributed by atoms with Crippen LogP contribution in [0.4, 0.5) is 10.5 Å². The number of thioether (sulfide) groups is 1. The summed E-state index contributed by atoms with van der Waals surface area (Å²) < 4.78 is 0. The number of thiophene rings is 1. The van der Waals surface area contributed by atoms with Crippen molar-refractivity contribution in [1.29, 1.82) is 0 Å². The lowest BCUT2D eigenvalue weighted by Gasteiger charge is -2.07. The minimum absolute atomic E-state index is 0.148. The second kappa shape index (κ2) is 7.97. The summed E-state index contributed by atoms with van der Waals surface area (Å²) in [7, 11) is 0. The van der Waals surface area contributed by atoms with Crippen LogP contribution in [0.3, 0.4) is 0 Å². The van der Waals surface area contributed by atoms with E-state index in [0.717, 1.165) is 17.2 Å². The van der Waals surface area contributed by atoms with Gasteiger partial charge in [-0.15, -0.1) is 0 Å². The lowest BCUT2D eigenvalue weighted by Crippen LogP contribution is -2.30. The molecule has 0 saturated carbocycles. The van der Waals surface area contributed by atoms with Crippen LogP contribution in [0.1, 0.15) is 11.1 Å². The molecule has 20 heavy (non-hydrogen) atoms. The Balaban J connectivity index is 1.59. The summed E-state index contributed by atoms with van der Waals surface area (Å²) >= 11 is 3.54. The molecule has 2 amide bonds. The molecule has 0 aliphatic heterocycles. The van der Waals surface area contributed by atoms with Crippen molar-refractivity contribution in [2.75, 3.05) is 17.6 Å². The van der Waals surface area contributed by atoms with Crippen LogP contribution < -0.4 is 10.6 Å². The van der Waals surface area contributed by atoms with Gasteiger partial charge >= 0.3 is 6.03 Å². The van der Waals surface area contributed by atoms with Gasteiger partial charge in [0.1, 0.15) is 0 Å². The van der Waals surface area contributed by atoms with Gasteiger partial charge in [0.15, 0.2) is 0 Å². The molecule has 5 heteroatoms. The van der Waals surface area contributed by atoms with Crippen molar-refractivity contribution in [3.63, 3.8) is 0 Å². The molecule has 2 rings (SSSR count). The minimum atomic E-state index is -0.148. The van der Waals surface area contributed by atoms with Gasteiger partial charge in [0.25, 0.3) is 0 Å². The second-order valence-electron chi connectivity index (χ2n) is 4.43. The maximum atomic E-state index is 11.7. The van der Waals surface area contributed by atoms with E-state index in [1.807, 2.05) is 43.0 Å². The van der Waals surface area contributed by atoms with Crippen molar-refractivity contribution in [2.45, 2.75) is 12.7 Å². The van der Waals surface area contributed by atoms with Crippen LogP contribution in [0.15, 0.2) is 41.1 Å². The first-order valence-electron chi connectivity index (χ1n) is 6.44. The highest BCUT2D eigenvalue weighted by Crippen LogP contribution is 2.14. The van der Waals surface area contributed by atoms with E-state index in [4.69, 9.17) is 0 Å². The Morgan fingerprint density at radius 1 is 1.25 bits per heavy atom. The first-order valence-corrected chi connectivity index (χ1v) is 8.54. The molecular formula is C15H18N2OS2. The molecule has 0 aliphatic carbocycles. The summed E-state index contributed by atoms with van der Waals surface area (Å²) in [6.45, 7) is 2.70. The van der Waals surface area contributed by atoms with Gasteiger partial charge < -0.3 is 10.6 Å². The number of rotatable bonds is 6. The van der Waals surface area contributed by atoms with Crippen molar-refractivity contribution >= 4 is 34.8 Å². The fourth-order valence-corrected chi connectivity index (χ4v) is 3.19. The predicted molar refractivity (Wildman–Crippen MR) is 88.7 cm³/mol. The first-order chi connectivity index (χ1) is 9.74. The van der Waals surface area contributed by atoms with E-state index in [0.29, 0.717) is 6.54 Å². The number of aryl methyl sites for hydroxylation is 1. The number of carbonyl (C=O) groups excluding carboxylic acids is 1. The number of amides is 2. The molecule has 0 bridgehead atoms. The van der Waals surface area contributed by atoms with Crippen LogP contribution >= 0.6 is 23.1 Å². The van der Waals surface area contributed by atoms with Crippen LogP contribution in [-0.2, 0) is 5.75 Å². The molecule has 0 spiro atoms. The number of hydrogen-bond donors (Lipinski definition) is 2. The Kier molecular flexibility index (Phi) is 5.95. The minimum Gasteiger partial charge on any atom is -0.337 e. The van der Waals surface area contributed by atoms with E-state index >= 15 is 0 Å². The first kappa shape index (κ1) is 14.9. The van der Waals surface area contributed by atoms with E-state index < -0.39 is 0 Å². The second-order valence-corrected chi connectivity index (χ2v) is 6.32. The average molecular weight is 306 g/mol. The highest BCUT2D eigenvalue weighted by atomic mass is 32.2. The quantitative estimate of drug-likeness (QED) is 0.789. The van der Waals surface area contributed by atoms with Crippen LogP contribution in [0, 0.1) is 6.92 Å². The maximum Gasteiger partial charge on any atom is 0.319 e. The highest BCUT2D eigenvalue weighted by molar-refractivity contribution is 7.98. The Morgan fingerprint density at radius 2 is 2.05 bits per heavy atom. The largest absolute Gasteiger partial charge is 0.337 e. The standard InChI is InChI=1S/C15H18N2OS2/c1-12-2-4-14(5-3-12)17-15(18)16-7-9-20-11-13-6-8-19-10-13/h2-6,8,10H,7,9,11H2,1H3,(H2,16,17,18). The van der Waals surface area contributed by atoms with Crippen molar-refractivity contribution in [3.8, 4) is 0 Å². The third-order valence-electron chi connectivity index (χ3n) is 2.69. The molecule has 2 aromatic rings. The van der Waals surface area contributed by atoms with Gasteiger partial charge in [0.2, 0.25) is 0 Å². The lowest BCUT2D eigenvalue weighted by atomic mass is 10.2. The van der Waals surface area contributed by atoms with Crippen molar-refractivity contribution in [1.82, 2.24) is 5.32 Å². The molecule has 1 heterocycles. The van der Waals surface area contributed by atoms with Gasteiger partial charge in [-0.1, -0.05) is 17.7 Å². The maximum absolute atomic E-state index is 11.7. The lowest BCUT2D eigenvalue weighted by molar-refractivity contribution is 0.252. The summed E-state index contributed by atoms with van der Waals surface area (Å²) in [4.78, 5) is 11.7. The molecule has 0 atom stereocenters. The molecule has 2 N–H and O–H groups in total. The predicted octanol–water partition coefficient (Wildman–Crippen LogP) is 4.11. The molecule has 1 aromatic carbocycles. The van der Waals surface area contributed by atoms with E-state index in [2.05, 4.69) is 27.5 Å². The van der Waals surface area contributed by atoms with Gasteiger partial charge in [-0.25, -0.2) is 4.79 Å². The molecule has 0 aliphatic rings. The molecule has 3 nitrogen and oxygen atoms in total. The smallest absolute Gasteiger partial charge is 0.319 e. The van der Waals surface area contributed by atoms with Gasteiger partial charge in [-0.2, -0.15) is 23.1 Å². The molecule has 0 unspecified atom stereocenters. The fourth-order valence-electron chi connectivity index (χ4n) is 1.61. The molecule has 1 aromatic heterocycles. The van der Waals surface area contributed by atoms with E-state index in [-0.39, 0.29) is 6.03 Å². The third-order valence-corrected chi connectivity index (χ3v) is 4.45. The number of hydrogen-bond acceptors (Lipinski definition) is 3. The normalized spacial score (nSPS) is 10.2. The van der Waals surface area contributed by atoms with E-state index in [9.17, 15) is 4.79 Å². The summed E-state index contributed by atoms with van der Waals surface area (Å²) in [6, 6.07) is 9.75. The number of carbonyl (C=O) groups is 1. The molecule has 0 radical (unpaired) electrons. The van der Waals surface area contributed by atoms with Crippen molar-refractivity contribution < 1.29 is 4.79 Å². The van der Waals surface area contributed by atoms with Gasteiger partial charge in [-0.3, -0.25) is 0 Å². The zero-order valence-electron chi connectivity index (χ0n) is 11.4. The average Bonchev–Trinajstić information content (AvgIpc) is 2.94. The van der Waals surface area contributed by atoms with E-state index in [1.54, 1.807) is 11.3 Å². The number of anilines is 1. The number of nitrogens with one attached hydrogen (secondary N) is 2. The summed E-state index contributed by atoms with van der Waals surface area (Å²) in [5.74, 6) is 1.92. The Labute approximate surface area is 127 Å². The molecule has 0 fully saturated rings. The van der Waals surface area contributed by atoms with Crippen molar-refractivity contribution in [2.24, 2.45) is 0 Å². The number of benzene rings is 1. The number of urea groups is 1. The Morgan fingerprint density at radius 3 is 2.75 bits per heavy atom. The fraction of sp³-hybridized carbons (Fsp3) is 0.267. The third kappa shape index (κ3) is 5.27. The van der Waals surface area contributed by atoms with Crippen molar-refractivity contribution in [3.05, 3.63) is 52.2 Å². The highest BCUT2D eigenvalue weighted by Gasteiger charge is 2.00.